The van der Waals surface area contributed by atoms with E-state index in [1.165, 1.54) is 0 Å². The molecule has 0 bridgehead atoms. The van der Waals surface area contributed by atoms with Crippen LogP contribution in [0.1, 0.15) is 57.6 Å². The van der Waals surface area contributed by atoms with E-state index in [0.29, 0.717) is 32.9 Å². The van der Waals surface area contributed by atoms with Gasteiger partial charge in [-0.2, -0.15) is 0 Å². The number of ether oxygens (including phenoxy) is 2. The fourth-order valence-corrected chi connectivity index (χ4v) is 6.12. The van der Waals surface area contributed by atoms with Gasteiger partial charge >= 0.3 is 0 Å². The summed E-state index contributed by atoms with van der Waals surface area (Å²) in [5.74, 6) is 0. The second kappa shape index (κ2) is 10.2. The fourth-order valence-electron chi connectivity index (χ4n) is 4.16. The number of nitrogens with zero attached hydrogens (tertiary/aromatic N) is 3. The topological polar surface area (TPSA) is 73.7 Å². The molecule has 28 heavy (non-hydrogen) atoms. The Balaban J connectivity index is 1.75. The number of likely N-dealkylation sites (N-methyl/N-ethyl adjacent to an activating group) is 1. The average molecular weight is 414 g/mol. The first-order chi connectivity index (χ1) is 13.5. The summed E-state index contributed by atoms with van der Waals surface area (Å²) in [4.78, 5) is 6.57. The molecule has 8 heteroatoms. The van der Waals surface area contributed by atoms with E-state index in [0.717, 1.165) is 57.2 Å². The molecule has 1 aliphatic carbocycles. The largest absolute Gasteiger partial charge is 0.376 e. The van der Waals surface area contributed by atoms with Gasteiger partial charge in [-0.15, -0.1) is 0 Å². The van der Waals surface area contributed by atoms with Crippen LogP contribution in [0.5, 0.6) is 0 Å². The zero-order valence-corrected chi connectivity index (χ0v) is 18.1. The van der Waals surface area contributed by atoms with E-state index in [1.54, 1.807) is 6.20 Å². The zero-order chi connectivity index (χ0) is 20.0. The molecule has 1 aromatic heterocycles. The Morgan fingerprint density at radius 2 is 2.04 bits per heavy atom. The summed E-state index contributed by atoms with van der Waals surface area (Å²) in [6.45, 7) is 6.13. The molecular formula is C20H35N3O4S. The maximum Gasteiger partial charge on any atom is 0.228 e. The molecule has 7 nitrogen and oxygen atoms in total. The molecule has 1 aromatic rings. The first kappa shape index (κ1) is 21.7. The number of hydrogen-bond donors (Lipinski definition) is 0. The van der Waals surface area contributed by atoms with Gasteiger partial charge in [0.1, 0.15) is 0 Å². The van der Waals surface area contributed by atoms with Crippen LogP contribution in [-0.2, 0) is 32.4 Å². The third kappa shape index (κ3) is 5.34. The molecule has 1 atom stereocenters. The lowest BCUT2D eigenvalue weighted by Crippen LogP contribution is -2.38. The first-order valence-electron chi connectivity index (χ1n) is 10.7. The molecule has 1 saturated carbocycles. The average Bonchev–Trinajstić information content (AvgIpc) is 3.10. The molecule has 160 valence electrons. The van der Waals surface area contributed by atoms with Gasteiger partial charge in [0, 0.05) is 19.6 Å². The van der Waals surface area contributed by atoms with E-state index < -0.39 is 9.84 Å². The molecule has 0 aromatic carbocycles. The number of imidazole rings is 1. The minimum atomic E-state index is -3.38. The predicted molar refractivity (Wildman–Crippen MR) is 108 cm³/mol. The van der Waals surface area contributed by atoms with Gasteiger partial charge in [-0.1, -0.05) is 32.6 Å². The number of unbranched alkanes of at least 4 members (excludes halogenated alkanes) is 1. The number of rotatable bonds is 9. The summed E-state index contributed by atoms with van der Waals surface area (Å²) in [7, 11) is -1.34. The Morgan fingerprint density at radius 1 is 1.25 bits per heavy atom. The molecule has 0 N–H and O–H groups in total. The fraction of sp³-hybridized carbons (Fsp3) is 0.850. The molecule has 2 aliphatic rings. The summed E-state index contributed by atoms with van der Waals surface area (Å²) in [6, 6.07) is 0. The van der Waals surface area contributed by atoms with Crippen LogP contribution in [0.25, 0.3) is 0 Å². The SMILES string of the molecule is CCCCn1c(CN(C)C[C@H]2COCCO2)cnc1S(=O)(=O)C1CCCCC1. The van der Waals surface area contributed by atoms with Gasteiger partial charge < -0.3 is 14.0 Å². The van der Waals surface area contributed by atoms with E-state index in [-0.39, 0.29) is 16.5 Å². The van der Waals surface area contributed by atoms with E-state index in [1.807, 2.05) is 11.6 Å². The molecular weight excluding hydrogens is 378 g/mol. The Morgan fingerprint density at radius 3 is 2.71 bits per heavy atom. The Kier molecular flexibility index (Phi) is 7.91. The van der Waals surface area contributed by atoms with Crippen LogP contribution in [0.2, 0.25) is 0 Å². The molecule has 2 fully saturated rings. The van der Waals surface area contributed by atoms with Crippen molar-refractivity contribution in [3.05, 3.63) is 11.9 Å². The van der Waals surface area contributed by atoms with Gasteiger partial charge in [0.2, 0.25) is 15.0 Å². The lowest BCUT2D eigenvalue weighted by atomic mass is 10.0. The van der Waals surface area contributed by atoms with Crippen LogP contribution in [0.4, 0.5) is 0 Å². The van der Waals surface area contributed by atoms with Crippen LogP contribution in [0, 0.1) is 0 Å². The maximum atomic E-state index is 13.3. The second-order valence-electron chi connectivity index (χ2n) is 8.11. The number of hydrogen-bond acceptors (Lipinski definition) is 6. The van der Waals surface area contributed by atoms with Crippen molar-refractivity contribution >= 4 is 9.84 Å². The normalized spacial score (nSPS) is 22.0. The van der Waals surface area contributed by atoms with Crippen molar-refractivity contribution < 1.29 is 17.9 Å². The van der Waals surface area contributed by atoms with Crippen molar-refractivity contribution in [3.63, 3.8) is 0 Å². The standard InChI is InChI=1S/C20H35N3O4S/c1-3-4-10-23-17(14-22(2)15-18-16-26-11-12-27-18)13-21-20(23)28(24,25)19-8-6-5-7-9-19/h13,18-19H,3-12,14-16H2,1-2H3/t18-/m0/s1. The Labute approximate surface area is 169 Å². The zero-order valence-electron chi connectivity index (χ0n) is 17.3. The quantitative estimate of drug-likeness (QED) is 0.620. The first-order valence-corrected chi connectivity index (χ1v) is 12.2. The predicted octanol–water partition coefficient (Wildman–Crippen LogP) is 2.64. The van der Waals surface area contributed by atoms with Crippen LogP contribution in [0.3, 0.4) is 0 Å². The van der Waals surface area contributed by atoms with Crippen LogP contribution in [-0.4, -0.2) is 67.6 Å². The van der Waals surface area contributed by atoms with Crippen molar-refractivity contribution in [1.82, 2.24) is 14.5 Å². The third-order valence-corrected chi connectivity index (χ3v) is 7.90. The highest BCUT2D eigenvalue weighted by molar-refractivity contribution is 7.91. The summed E-state index contributed by atoms with van der Waals surface area (Å²) >= 11 is 0. The van der Waals surface area contributed by atoms with Crippen LogP contribution < -0.4 is 0 Å². The smallest absolute Gasteiger partial charge is 0.228 e. The number of aromatic nitrogens is 2. The lowest BCUT2D eigenvalue weighted by molar-refractivity contribution is -0.0964. The monoisotopic (exact) mass is 413 g/mol. The second-order valence-corrected chi connectivity index (χ2v) is 10.2. The molecule has 2 heterocycles. The Bertz CT molecular complexity index is 707. The third-order valence-electron chi connectivity index (χ3n) is 5.71. The summed E-state index contributed by atoms with van der Waals surface area (Å²) in [6.07, 6.45) is 8.44. The highest BCUT2D eigenvalue weighted by atomic mass is 32.2. The van der Waals surface area contributed by atoms with Crippen molar-refractivity contribution in [3.8, 4) is 0 Å². The van der Waals surface area contributed by atoms with Crippen molar-refractivity contribution in [2.75, 3.05) is 33.4 Å². The summed E-state index contributed by atoms with van der Waals surface area (Å²) < 4.78 is 39.7. The molecule has 0 radical (unpaired) electrons. The van der Waals surface area contributed by atoms with Gasteiger partial charge in [0.15, 0.2) is 0 Å². The molecule has 1 saturated heterocycles. The van der Waals surface area contributed by atoms with Gasteiger partial charge in [-0.3, -0.25) is 4.90 Å². The highest BCUT2D eigenvalue weighted by Gasteiger charge is 2.33. The van der Waals surface area contributed by atoms with Gasteiger partial charge in [0.05, 0.1) is 43.1 Å². The molecule has 0 unspecified atom stereocenters. The minimum absolute atomic E-state index is 0.0659. The van der Waals surface area contributed by atoms with Gasteiger partial charge in [-0.25, -0.2) is 13.4 Å². The van der Waals surface area contributed by atoms with Crippen molar-refractivity contribution in [2.24, 2.45) is 0 Å². The van der Waals surface area contributed by atoms with E-state index >= 15 is 0 Å². The van der Waals surface area contributed by atoms with Crippen molar-refractivity contribution in [2.45, 2.75) is 81.5 Å². The van der Waals surface area contributed by atoms with E-state index in [2.05, 4.69) is 16.8 Å². The van der Waals surface area contributed by atoms with E-state index in [9.17, 15) is 8.42 Å². The van der Waals surface area contributed by atoms with Gasteiger partial charge in [0.25, 0.3) is 0 Å². The highest BCUT2D eigenvalue weighted by Crippen LogP contribution is 2.29. The van der Waals surface area contributed by atoms with E-state index in [4.69, 9.17) is 9.47 Å². The van der Waals surface area contributed by atoms with Crippen LogP contribution >= 0.6 is 0 Å². The number of sulfone groups is 1. The maximum absolute atomic E-state index is 13.3. The summed E-state index contributed by atoms with van der Waals surface area (Å²) in [5.41, 5.74) is 0.960. The molecule has 3 rings (SSSR count). The molecule has 0 spiro atoms. The molecule has 0 amide bonds. The molecule has 1 aliphatic heterocycles. The van der Waals surface area contributed by atoms with Crippen molar-refractivity contribution in [1.29, 1.82) is 0 Å². The minimum Gasteiger partial charge on any atom is -0.376 e. The van der Waals surface area contributed by atoms with Crippen LogP contribution in [0.15, 0.2) is 11.4 Å². The Hall–Kier alpha value is -0.960. The van der Waals surface area contributed by atoms with Gasteiger partial charge in [-0.05, 0) is 26.3 Å². The lowest BCUT2D eigenvalue weighted by Gasteiger charge is -2.27. The summed E-state index contributed by atoms with van der Waals surface area (Å²) in [5, 5.41) is -0.00380.